The highest BCUT2D eigenvalue weighted by Crippen LogP contribution is 2.42. The van der Waals surface area contributed by atoms with E-state index in [-0.39, 0.29) is 18.3 Å². The summed E-state index contributed by atoms with van der Waals surface area (Å²) in [4.78, 5) is 17.8. The third-order valence-electron chi connectivity index (χ3n) is 6.10. The van der Waals surface area contributed by atoms with Gasteiger partial charge in [-0.05, 0) is 68.8 Å². The highest BCUT2D eigenvalue weighted by Gasteiger charge is 2.44. The summed E-state index contributed by atoms with van der Waals surface area (Å²) in [6.07, 6.45) is 8.39. The maximum absolute atomic E-state index is 13.2. The van der Waals surface area contributed by atoms with Crippen LogP contribution >= 0.6 is 11.6 Å². The topological polar surface area (TPSA) is 62.1 Å². The summed E-state index contributed by atoms with van der Waals surface area (Å²) >= 11 is 6.44. The number of allylic oxidation sites excluding steroid dienone is 3. The van der Waals surface area contributed by atoms with Gasteiger partial charge in [0.25, 0.3) is 0 Å². The fourth-order valence-electron chi connectivity index (χ4n) is 4.26. The predicted octanol–water partition coefficient (Wildman–Crippen LogP) is 5.76. The molecule has 0 bridgehead atoms. The van der Waals surface area contributed by atoms with Gasteiger partial charge in [0.1, 0.15) is 40.4 Å². The minimum Gasteiger partial charge on any atom is -0.497 e. The Bertz CT molecular complexity index is 1350. The predicted molar refractivity (Wildman–Crippen MR) is 130 cm³/mol. The largest absolute Gasteiger partial charge is 0.497 e. The Morgan fingerprint density at radius 3 is 2.68 bits per heavy atom. The quantitative estimate of drug-likeness (QED) is 0.452. The van der Waals surface area contributed by atoms with E-state index in [1.54, 1.807) is 21.0 Å². The van der Waals surface area contributed by atoms with Crippen LogP contribution in [0.2, 0.25) is 5.15 Å². The maximum Gasteiger partial charge on any atom is 0.206 e. The van der Waals surface area contributed by atoms with Gasteiger partial charge in [-0.2, -0.15) is 0 Å². The molecule has 1 aliphatic carbocycles. The lowest BCUT2D eigenvalue weighted by atomic mass is 9.84. The molecule has 5 rings (SSSR count). The van der Waals surface area contributed by atoms with Crippen LogP contribution in [-0.2, 0) is 20.9 Å². The Morgan fingerprint density at radius 2 is 2.00 bits per heavy atom. The molecule has 0 spiro atoms. The maximum atomic E-state index is 13.2. The average Bonchev–Trinajstić information content (AvgIpc) is 3.30. The van der Waals surface area contributed by atoms with Crippen molar-refractivity contribution in [2.45, 2.75) is 32.5 Å². The SMILES string of the molecule is COc1ccc(C2=C(C3C=CC(OCc4nc5ccccn5c4Cl)=CC3)C(=O)C(C)(C)O2)cc1. The smallest absolute Gasteiger partial charge is 0.206 e. The van der Waals surface area contributed by atoms with E-state index in [4.69, 9.17) is 25.8 Å². The zero-order chi connectivity index (χ0) is 23.9. The highest BCUT2D eigenvalue weighted by molar-refractivity contribution is 6.30. The number of hydrogen-bond acceptors (Lipinski definition) is 5. The molecule has 0 radical (unpaired) electrons. The number of fused-ring (bicyclic) bond motifs is 1. The van der Waals surface area contributed by atoms with Crippen LogP contribution in [0.3, 0.4) is 0 Å². The second-order valence-electron chi connectivity index (χ2n) is 8.79. The van der Waals surface area contributed by atoms with Crippen LogP contribution in [0.4, 0.5) is 0 Å². The van der Waals surface area contributed by atoms with Crippen LogP contribution in [0.25, 0.3) is 11.4 Å². The number of carbonyl (C=O) groups is 1. The Morgan fingerprint density at radius 1 is 1.21 bits per heavy atom. The summed E-state index contributed by atoms with van der Waals surface area (Å²) in [7, 11) is 1.63. The number of aromatic nitrogens is 2. The highest BCUT2D eigenvalue weighted by atomic mass is 35.5. The number of rotatable bonds is 6. The minimum absolute atomic E-state index is 0.00205. The van der Waals surface area contributed by atoms with Crippen LogP contribution in [0.1, 0.15) is 31.5 Å². The number of methoxy groups -OCH3 is 1. The summed E-state index contributed by atoms with van der Waals surface area (Å²) < 4.78 is 19.2. The van der Waals surface area contributed by atoms with Gasteiger partial charge in [-0.15, -0.1) is 0 Å². The van der Waals surface area contributed by atoms with Crippen LogP contribution < -0.4 is 4.74 Å². The first-order chi connectivity index (χ1) is 16.4. The number of benzene rings is 1. The number of Topliss-reactive ketones (excluding diaryl/α,β-unsaturated/α-hetero) is 1. The van der Waals surface area contributed by atoms with Gasteiger partial charge in [0.2, 0.25) is 5.78 Å². The van der Waals surface area contributed by atoms with Crippen LogP contribution in [-0.4, -0.2) is 27.9 Å². The number of halogens is 1. The zero-order valence-corrected chi connectivity index (χ0v) is 20.0. The number of pyridine rings is 1. The second-order valence-corrected chi connectivity index (χ2v) is 9.15. The van der Waals surface area contributed by atoms with Crippen LogP contribution in [0.15, 0.2) is 78.2 Å². The molecule has 6 nitrogen and oxygen atoms in total. The molecular weight excluding hydrogens is 452 g/mol. The zero-order valence-electron chi connectivity index (χ0n) is 19.2. The number of nitrogens with zero attached hydrogens (tertiary/aromatic N) is 2. The number of ether oxygens (including phenoxy) is 3. The van der Waals surface area contributed by atoms with Crippen molar-refractivity contribution in [3.63, 3.8) is 0 Å². The Labute approximate surface area is 203 Å². The molecule has 0 N–H and O–H groups in total. The lowest BCUT2D eigenvalue weighted by molar-refractivity contribution is -0.126. The standard InChI is InChI=1S/C27H25ClN2O4/c1-27(2)25(31)23(24(34-27)18-9-11-19(32-3)12-10-18)17-7-13-20(14-8-17)33-16-21-26(28)30-15-5-4-6-22(30)29-21/h4-7,9-15,17H,8,16H2,1-3H3. The number of hydrogen-bond donors (Lipinski definition) is 0. The second kappa shape index (κ2) is 8.69. The first-order valence-corrected chi connectivity index (χ1v) is 11.5. The fraction of sp³-hybridized carbons (Fsp3) is 0.259. The molecule has 2 aliphatic rings. The molecule has 1 atom stereocenters. The van der Waals surface area contributed by atoms with Gasteiger partial charge in [0, 0.05) is 23.3 Å². The van der Waals surface area contributed by atoms with Gasteiger partial charge >= 0.3 is 0 Å². The monoisotopic (exact) mass is 476 g/mol. The summed E-state index contributed by atoms with van der Waals surface area (Å²) in [6, 6.07) is 13.3. The van der Waals surface area contributed by atoms with E-state index in [0.717, 1.165) is 22.7 Å². The Kier molecular flexibility index (Phi) is 5.70. The molecule has 1 aliphatic heterocycles. The molecular formula is C27H25ClN2O4. The van der Waals surface area contributed by atoms with Crippen molar-refractivity contribution in [2.75, 3.05) is 7.11 Å². The van der Waals surface area contributed by atoms with Gasteiger partial charge in [-0.3, -0.25) is 9.20 Å². The summed E-state index contributed by atoms with van der Waals surface area (Å²) in [6.45, 7) is 3.87. The third-order valence-corrected chi connectivity index (χ3v) is 6.50. The lowest BCUT2D eigenvalue weighted by Gasteiger charge is -2.19. The summed E-state index contributed by atoms with van der Waals surface area (Å²) in [5, 5.41) is 0.541. The number of imidazole rings is 1. The van der Waals surface area contributed by atoms with Crippen molar-refractivity contribution < 1.29 is 19.0 Å². The molecule has 2 aromatic heterocycles. The van der Waals surface area contributed by atoms with E-state index in [1.165, 1.54) is 0 Å². The molecule has 3 heterocycles. The van der Waals surface area contributed by atoms with Gasteiger partial charge in [0.15, 0.2) is 5.60 Å². The average molecular weight is 477 g/mol. The normalized spacial score (nSPS) is 19.4. The van der Waals surface area contributed by atoms with Crippen molar-refractivity contribution in [3.05, 3.63) is 94.6 Å². The van der Waals surface area contributed by atoms with Gasteiger partial charge < -0.3 is 14.2 Å². The van der Waals surface area contributed by atoms with Crippen molar-refractivity contribution >= 4 is 28.8 Å². The first kappa shape index (κ1) is 22.3. The molecule has 0 saturated carbocycles. The molecule has 174 valence electrons. The van der Waals surface area contributed by atoms with E-state index in [9.17, 15) is 4.79 Å². The van der Waals surface area contributed by atoms with E-state index < -0.39 is 5.60 Å². The molecule has 0 fully saturated rings. The third kappa shape index (κ3) is 3.99. The molecule has 0 amide bonds. The van der Waals surface area contributed by atoms with Gasteiger partial charge in [-0.1, -0.05) is 23.7 Å². The summed E-state index contributed by atoms with van der Waals surface area (Å²) in [5.41, 5.74) is 2.09. The van der Waals surface area contributed by atoms with Crippen LogP contribution in [0.5, 0.6) is 5.75 Å². The van der Waals surface area contributed by atoms with E-state index >= 15 is 0 Å². The number of carbonyl (C=O) groups excluding carboxylic acids is 1. The molecule has 1 unspecified atom stereocenters. The molecule has 1 aromatic carbocycles. The summed E-state index contributed by atoms with van der Waals surface area (Å²) in [5.74, 6) is 2.00. The van der Waals surface area contributed by atoms with E-state index in [0.29, 0.717) is 28.6 Å². The molecule has 34 heavy (non-hydrogen) atoms. The van der Waals surface area contributed by atoms with E-state index in [2.05, 4.69) is 4.98 Å². The van der Waals surface area contributed by atoms with Crippen molar-refractivity contribution in [3.8, 4) is 5.75 Å². The first-order valence-electron chi connectivity index (χ1n) is 11.1. The Hall–Kier alpha value is -3.51. The molecule has 3 aromatic rings. The lowest BCUT2D eigenvalue weighted by Crippen LogP contribution is -2.30. The van der Waals surface area contributed by atoms with Crippen molar-refractivity contribution in [1.82, 2.24) is 9.38 Å². The molecule has 7 heteroatoms. The molecule has 0 saturated heterocycles. The van der Waals surface area contributed by atoms with Gasteiger partial charge in [0.05, 0.1) is 7.11 Å². The minimum atomic E-state index is -0.904. The Balaban J connectivity index is 1.34. The van der Waals surface area contributed by atoms with Crippen LogP contribution in [0, 0.1) is 5.92 Å². The van der Waals surface area contributed by atoms with Crippen molar-refractivity contribution in [1.29, 1.82) is 0 Å². The fourth-order valence-corrected chi connectivity index (χ4v) is 4.50. The number of ketones is 1. The van der Waals surface area contributed by atoms with Gasteiger partial charge in [-0.25, -0.2) is 4.98 Å². The van der Waals surface area contributed by atoms with Crippen molar-refractivity contribution in [2.24, 2.45) is 5.92 Å². The van der Waals surface area contributed by atoms with E-state index in [1.807, 2.05) is 71.3 Å².